The predicted molar refractivity (Wildman–Crippen MR) is 55.4 cm³/mol. The lowest BCUT2D eigenvalue weighted by atomic mass is 10.1. The van der Waals surface area contributed by atoms with E-state index in [0.717, 1.165) is 19.3 Å². The Labute approximate surface area is 85.8 Å². The van der Waals surface area contributed by atoms with Gasteiger partial charge < -0.3 is 5.11 Å². The van der Waals surface area contributed by atoms with Crippen LogP contribution in [0.2, 0.25) is 0 Å². The highest BCUT2D eigenvalue weighted by atomic mass is 32.2. The second-order valence-electron chi connectivity index (χ2n) is 4.27. The van der Waals surface area contributed by atoms with Crippen molar-refractivity contribution in [1.29, 1.82) is 0 Å². The Balaban J connectivity index is 2.51. The number of aliphatic hydroxyl groups is 1. The van der Waals surface area contributed by atoms with Gasteiger partial charge in [-0.05, 0) is 32.1 Å². The van der Waals surface area contributed by atoms with Gasteiger partial charge in [-0.1, -0.05) is 6.92 Å². The zero-order valence-electron chi connectivity index (χ0n) is 8.73. The highest BCUT2D eigenvalue weighted by molar-refractivity contribution is 7.90. The molecule has 1 fully saturated rings. The van der Waals surface area contributed by atoms with Crippen molar-refractivity contribution < 1.29 is 13.5 Å². The molecule has 84 valence electrons. The molecule has 0 aromatic carbocycles. The number of rotatable bonds is 4. The highest BCUT2D eigenvalue weighted by Crippen LogP contribution is 2.25. The largest absolute Gasteiger partial charge is 0.395 e. The topological polar surface area (TPSA) is 66.4 Å². The summed E-state index contributed by atoms with van der Waals surface area (Å²) in [5, 5.41) is 8.07. The standard InChI is InChI=1S/C9H19NO3S/c1-7-3-4-9(5-7)10-14(12,13)8(2)6-11/h7-11H,3-6H2,1-2H3. The maximum absolute atomic E-state index is 11.6. The molecule has 0 spiro atoms. The summed E-state index contributed by atoms with van der Waals surface area (Å²) in [6, 6.07) is 0.0731. The zero-order chi connectivity index (χ0) is 10.8. The molecule has 0 radical (unpaired) electrons. The molecular formula is C9H19NO3S. The van der Waals surface area contributed by atoms with Gasteiger partial charge in [0.15, 0.2) is 0 Å². The number of hydrogen-bond donors (Lipinski definition) is 2. The fourth-order valence-electron chi connectivity index (χ4n) is 1.76. The monoisotopic (exact) mass is 221 g/mol. The average molecular weight is 221 g/mol. The van der Waals surface area contributed by atoms with E-state index >= 15 is 0 Å². The van der Waals surface area contributed by atoms with Crippen molar-refractivity contribution in [2.75, 3.05) is 6.61 Å². The summed E-state index contributed by atoms with van der Waals surface area (Å²) in [6.45, 7) is 3.32. The SMILES string of the molecule is CC1CCC(NS(=O)(=O)C(C)CO)C1. The molecule has 5 heteroatoms. The van der Waals surface area contributed by atoms with Crippen LogP contribution < -0.4 is 4.72 Å². The quantitative estimate of drug-likeness (QED) is 0.725. The Morgan fingerprint density at radius 2 is 2.14 bits per heavy atom. The molecule has 3 atom stereocenters. The number of nitrogens with one attached hydrogen (secondary N) is 1. The summed E-state index contributed by atoms with van der Waals surface area (Å²) in [7, 11) is -3.32. The summed E-state index contributed by atoms with van der Waals surface area (Å²) < 4.78 is 25.8. The van der Waals surface area contributed by atoms with Crippen LogP contribution in [0, 0.1) is 5.92 Å². The first-order valence-electron chi connectivity index (χ1n) is 5.07. The molecule has 0 aromatic rings. The van der Waals surface area contributed by atoms with E-state index in [1.54, 1.807) is 0 Å². The van der Waals surface area contributed by atoms with Gasteiger partial charge in [-0.15, -0.1) is 0 Å². The van der Waals surface area contributed by atoms with Crippen LogP contribution >= 0.6 is 0 Å². The molecule has 4 nitrogen and oxygen atoms in total. The third-order valence-corrected chi connectivity index (χ3v) is 4.68. The van der Waals surface area contributed by atoms with Crippen LogP contribution in [0.1, 0.15) is 33.1 Å². The normalized spacial score (nSPS) is 30.5. The molecule has 1 rings (SSSR count). The predicted octanol–water partition coefficient (Wildman–Crippen LogP) is 0.475. The van der Waals surface area contributed by atoms with Gasteiger partial charge in [0.25, 0.3) is 0 Å². The van der Waals surface area contributed by atoms with E-state index in [9.17, 15) is 8.42 Å². The van der Waals surface area contributed by atoms with Gasteiger partial charge in [-0.3, -0.25) is 0 Å². The molecule has 3 unspecified atom stereocenters. The van der Waals surface area contributed by atoms with Crippen molar-refractivity contribution in [2.45, 2.75) is 44.4 Å². The molecule has 14 heavy (non-hydrogen) atoms. The molecule has 1 aliphatic carbocycles. The smallest absolute Gasteiger partial charge is 0.216 e. The van der Waals surface area contributed by atoms with Crippen molar-refractivity contribution in [3.8, 4) is 0 Å². The third kappa shape index (κ3) is 2.93. The van der Waals surface area contributed by atoms with Gasteiger partial charge in [-0.25, -0.2) is 13.1 Å². The summed E-state index contributed by atoms with van der Waals surface area (Å²) in [5.74, 6) is 0.604. The minimum atomic E-state index is -3.32. The van der Waals surface area contributed by atoms with E-state index in [0.29, 0.717) is 5.92 Å². The fraction of sp³-hybridized carbons (Fsp3) is 1.00. The van der Waals surface area contributed by atoms with Crippen LogP contribution in [0.3, 0.4) is 0 Å². The average Bonchev–Trinajstić information content (AvgIpc) is 2.48. The van der Waals surface area contributed by atoms with Crippen LogP contribution in [0.15, 0.2) is 0 Å². The van der Waals surface area contributed by atoms with Gasteiger partial charge in [-0.2, -0.15) is 0 Å². The van der Waals surface area contributed by atoms with E-state index < -0.39 is 15.3 Å². The lowest BCUT2D eigenvalue weighted by Gasteiger charge is -2.16. The van der Waals surface area contributed by atoms with Crippen LogP contribution in [0.25, 0.3) is 0 Å². The maximum Gasteiger partial charge on any atom is 0.216 e. The fourth-order valence-corrected chi connectivity index (χ4v) is 2.87. The van der Waals surface area contributed by atoms with E-state index in [1.165, 1.54) is 6.92 Å². The van der Waals surface area contributed by atoms with Crippen molar-refractivity contribution in [3.63, 3.8) is 0 Å². The Bertz CT molecular complexity index is 276. The van der Waals surface area contributed by atoms with Crippen molar-refractivity contribution in [2.24, 2.45) is 5.92 Å². The lowest BCUT2D eigenvalue weighted by Crippen LogP contribution is -2.40. The Hall–Kier alpha value is -0.130. The first-order chi connectivity index (χ1) is 6.45. The van der Waals surface area contributed by atoms with Crippen molar-refractivity contribution in [3.05, 3.63) is 0 Å². The molecule has 0 bridgehead atoms. The first kappa shape index (κ1) is 11.9. The summed E-state index contributed by atoms with van der Waals surface area (Å²) in [5.41, 5.74) is 0. The molecule has 1 aliphatic rings. The second-order valence-corrected chi connectivity index (χ2v) is 6.40. The van der Waals surface area contributed by atoms with Gasteiger partial charge in [0.2, 0.25) is 10.0 Å². The number of hydrogen-bond acceptors (Lipinski definition) is 3. The van der Waals surface area contributed by atoms with Gasteiger partial charge in [0.05, 0.1) is 11.9 Å². The zero-order valence-corrected chi connectivity index (χ0v) is 9.55. The molecule has 2 N–H and O–H groups in total. The Morgan fingerprint density at radius 3 is 2.57 bits per heavy atom. The Morgan fingerprint density at radius 1 is 1.50 bits per heavy atom. The third-order valence-electron chi connectivity index (χ3n) is 2.81. The van der Waals surface area contributed by atoms with Crippen LogP contribution in [0.5, 0.6) is 0 Å². The van der Waals surface area contributed by atoms with Gasteiger partial charge >= 0.3 is 0 Å². The number of sulfonamides is 1. The molecule has 0 aromatic heterocycles. The van der Waals surface area contributed by atoms with E-state index in [4.69, 9.17) is 5.11 Å². The first-order valence-corrected chi connectivity index (χ1v) is 6.62. The molecular weight excluding hydrogens is 202 g/mol. The van der Waals surface area contributed by atoms with E-state index in [2.05, 4.69) is 11.6 Å². The summed E-state index contributed by atoms with van der Waals surface area (Å²) in [4.78, 5) is 0. The molecule has 0 amide bonds. The van der Waals surface area contributed by atoms with Crippen molar-refractivity contribution >= 4 is 10.0 Å². The molecule has 1 saturated carbocycles. The number of aliphatic hydroxyl groups excluding tert-OH is 1. The highest BCUT2D eigenvalue weighted by Gasteiger charge is 2.28. The lowest BCUT2D eigenvalue weighted by molar-refractivity contribution is 0.294. The summed E-state index contributed by atoms with van der Waals surface area (Å²) in [6.07, 6.45) is 2.91. The van der Waals surface area contributed by atoms with Gasteiger partial charge in [0, 0.05) is 6.04 Å². The van der Waals surface area contributed by atoms with Crippen LogP contribution in [-0.2, 0) is 10.0 Å². The minimum Gasteiger partial charge on any atom is -0.395 e. The molecule has 0 saturated heterocycles. The van der Waals surface area contributed by atoms with Crippen LogP contribution in [0.4, 0.5) is 0 Å². The van der Waals surface area contributed by atoms with E-state index in [1.807, 2.05) is 0 Å². The van der Waals surface area contributed by atoms with Gasteiger partial charge in [0.1, 0.15) is 0 Å². The molecule has 0 heterocycles. The van der Waals surface area contributed by atoms with Crippen LogP contribution in [-0.4, -0.2) is 31.4 Å². The second kappa shape index (κ2) is 4.59. The van der Waals surface area contributed by atoms with Crippen molar-refractivity contribution in [1.82, 2.24) is 4.72 Å². The summed E-state index contributed by atoms with van der Waals surface area (Å²) >= 11 is 0. The maximum atomic E-state index is 11.6. The Kier molecular flexibility index (Phi) is 3.92. The minimum absolute atomic E-state index is 0.0731. The van der Waals surface area contributed by atoms with E-state index in [-0.39, 0.29) is 12.6 Å². The molecule has 0 aliphatic heterocycles.